The summed E-state index contributed by atoms with van der Waals surface area (Å²) in [6, 6.07) is 16.3. The molecule has 0 aliphatic carbocycles. The summed E-state index contributed by atoms with van der Waals surface area (Å²) in [5.41, 5.74) is 4.36. The standard InChI is InChI=1S/C18H21NO2S/c1-14(2)16-5-3-6-17(13-16)15-7-9-18(10-8-15)19-11-4-12-22(19,20)21/h3,5-10,13-14H,4,11-12H2,1-2H3. The van der Waals surface area contributed by atoms with Crippen molar-refractivity contribution in [3.63, 3.8) is 0 Å². The molecule has 1 aliphatic heterocycles. The molecule has 22 heavy (non-hydrogen) atoms. The summed E-state index contributed by atoms with van der Waals surface area (Å²) < 4.78 is 25.4. The van der Waals surface area contributed by atoms with Crippen molar-refractivity contribution in [3.8, 4) is 11.1 Å². The van der Waals surface area contributed by atoms with E-state index in [1.54, 1.807) is 0 Å². The maximum atomic E-state index is 12.0. The average Bonchev–Trinajstić information content (AvgIpc) is 2.87. The molecule has 1 heterocycles. The van der Waals surface area contributed by atoms with Crippen molar-refractivity contribution in [2.45, 2.75) is 26.2 Å². The van der Waals surface area contributed by atoms with Gasteiger partial charge in [-0.1, -0.05) is 50.2 Å². The minimum absolute atomic E-state index is 0.255. The minimum Gasteiger partial charge on any atom is -0.270 e. The Morgan fingerprint density at radius 3 is 2.32 bits per heavy atom. The molecule has 0 amide bonds. The van der Waals surface area contributed by atoms with Gasteiger partial charge >= 0.3 is 0 Å². The van der Waals surface area contributed by atoms with Crippen molar-refractivity contribution >= 4 is 15.7 Å². The van der Waals surface area contributed by atoms with E-state index in [-0.39, 0.29) is 5.75 Å². The number of hydrogen-bond donors (Lipinski definition) is 0. The molecule has 3 rings (SSSR count). The summed E-state index contributed by atoms with van der Waals surface area (Å²) in [5.74, 6) is 0.750. The molecule has 1 fully saturated rings. The third kappa shape index (κ3) is 2.88. The number of nitrogens with zero attached hydrogens (tertiary/aromatic N) is 1. The molecule has 0 saturated carbocycles. The Morgan fingerprint density at radius 1 is 1.00 bits per heavy atom. The Kier molecular flexibility index (Phi) is 3.96. The number of benzene rings is 2. The number of anilines is 1. The number of sulfonamides is 1. The SMILES string of the molecule is CC(C)c1cccc(-c2ccc(N3CCCS3(=O)=O)cc2)c1. The van der Waals surface area contributed by atoms with Gasteiger partial charge in [-0.15, -0.1) is 0 Å². The molecule has 0 unspecified atom stereocenters. The van der Waals surface area contributed by atoms with Crippen LogP contribution in [0.2, 0.25) is 0 Å². The molecule has 3 nitrogen and oxygen atoms in total. The van der Waals surface area contributed by atoms with Crippen molar-refractivity contribution in [2.24, 2.45) is 0 Å². The molecule has 0 radical (unpaired) electrons. The second kappa shape index (κ2) is 5.76. The predicted molar refractivity (Wildman–Crippen MR) is 91.7 cm³/mol. The highest BCUT2D eigenvalue weighted by Crippen LogP contribution is 2.28. The molecule has 0 atom stereocenters. The van der Waals surface area contributed by atoms with Crippen LogP contribution in [0.4, 0.5) is 5.69 Å². The molecule has 0 aromatic heterocycles. The van der Waals surface area contributed by atoms with E-state index in [1.165, 1.54) is 15.4 Å². The lowest BCUT2D eigenvalue weighted by Gasteiger charge is -2.17. The molecule has 0 N–H and O–H groups in total. The summed E-state index contributed by atoms with van der Waals surface area (Å²) in [6.45, 7) is 4.95. The summed E-state index contributed by atoms with van der Waals surface area (Å²) in [6.07, 6.45) is 0.709. The van der Waals surface area contributed by atoms with Gasteiger partial charge in [-0.2, -0.15) is 0 Å². The van der Waals surface area contributed by atoms with E-state index in [4.69, 9.17) is 0 Å². The zero-order chi connectivity index (χ0) is 15.7. The van der Waals surface area contributed by atoms with Crippen molar-refractivity contribution in [3.05, 3.63) is 54.1 Å². The largest absolute Gasteiger partial charge is 0.270 e. The highest BCUT2D eigenvalue weighted by molar-refractivity contribution is 7.93. The van der Waals surface area contributed by atoms with Gasteiger partial charge in [0.15, 0.2) is 0 Å². The van der Waals surface area contributed by atoms with Crippen molar-refractivity contribution in [1.82, 2.24) is 0 Å². The Labute approximate surface area is 132 Å². The number of rotatable bonds is 3. The van der Waals surface area contributed by atoms with Crippen LogP contribution < -0.4 is 4.31 Å². The highest BCUT2D eigenvalue weighted by atomic mass is 32.2. The molecular weight excluding hydrogens is 294 g/mol. The van der Waals surface area contributed by atoms with Gasteiger partial charge in [0.25, 0.3) is 0 Å². The van der Waals surface area contributed by atoms with Crippen LogP contribution in [-0.2, 0) is 10.0 Å². The predicted octanol–water partition coefficient (Wildman–Crippen LogP) is 4.02. The normalized spacial score (nSPS) is 17.1. The van der Waals surface area contributed by atoms with Gasteiger partial charge in [0.1, 0.15) is 0 Å². The Bertz CT molecular complexity index is 764. The fourth-order valence-corrected chi connectivity index (χ4v) is 4.39. The molecule has 0 spiro atoms. The van der Waals surface area contributed by atoms with Gasteiger partial charge in [0.05, 0.1) is 11.4 Å². The van der Waals surface area contributed by atoms with Crippen LogP contribution in [0.15, 0.2) is 48.5 Å². The van der Waals surface area contributed by atoms with Crippen molar-refractivity contribution in [1.29, 1.82) is 0 Å². The lowest BCUT2D eigenvalue weighted by atomic mass is 9.97. The Balaban J connectivity index is 1.90. The summed E-state index contributed by atoms with van der Waals surface area (Å²) >= 11 is 0. The van der Waals surface area contributed by atoms with E-state index in [0.29, 0.717) is 18.9 Å². The van der Waals surface area contributed by atoms with Crippen LogP contribution in [0.25, 0.3) is 11.1 Å². The zero-order valence-electron chi connectivity index (χ0n) is 13.0. The van der Waals surface area contributed by atoms with Crippen LogP contribution in [0, 0.1) is 0 Å². The van der Waals surface area contributed by atoms with E-state index in [2.05, 4.69) is 38.1 Å². The first kappa shape index (κ1) is 15.1. The quantitative estimate of drug-likeness (QED) is 0.858. The van der Waals surface area contributed by atoms with E-state index in [0.717, 1.165) is 11.3 Å². The second-order valence-corrected chi connectivity index (χ2v) is 8.08. The van der Waals surface area contributed by atoms with Crippen LogP contribution in [-0.4, -0.2) is 20.7 Å². The maximum absolute atomic E-state index is 12.0. The summed E-state index contributed by atoms with van der Waals surface area (Å²) in [7, 11) is -3.10. The number of hydrogen-bond acceptors (Lipinski definition) is 2. The summed E-state index contributed by atoms with van der Waals surface area (Å²) in [5, 5.41) is 0. The third-order valence-electron chi connectivity index (χ3n) is 4.14. The van der Waals surface area contributed by atoms with Gasteiger partial charge in [-0.3, -0.25) is 4.31 Å². The molecule has 0 bridgehead atoms. The van der Waals surface area contributed by atoms with Gasteiger partial charge in [-0.05, 0) is 41.2 Å². The third-order valence-corrected chi connectivity index (χ3v) is 6.01. The Hall–Kier alpha value is -1.81. The first-order chi connectivity index (χ1) is 10.5. The van der Waals surface area contributed by atoms with Crippen LogP contribution in [0.1, 0.15) is 31.7 Å². The van der Waals surface area contributed by atoms with Gasteiger partial charge in [0.2, 0.25) is 10.0 Å². The molecular formula is C18H21NO2S. The fraction of sp³-hybridized carbons (Fsp3) is 0.333. The van der Waals surface area contributed by atoms with Gasteiger partial charge < -0.3 is 0 Å². The van der Waals surface area contributed by atoms with Crippen LogP contribution >= 0.6 is 0 Å². The lowest BCUT2D eigenvalue weighted by molar-refractivity contribution is 0.599. The van der Waals surface area contributed by atoms with Crippen LogP contribution in [0.3, 0.4) is 0 Å². The first-order valence-electron chi connectivity index (χ1n) is 7.68. The monoisotopic (exact) mass is 315 g/mol. The molecule has 2 aromatic carbocycles. The summed E-state index contributed by atoms with van der Waals surface area (Å²) in [4.78, 5) is 0. The smallest absolute Gasteiger partial charge is 0.235 e. The van der Waals surface area contributed by atoms with Gasteiger partial charge in [0, 0.05) is 6.54 Å². The molecule has 1 aliphatic rings. The topological polar surface area (TPSA) is 37.4 Å². The highest BCUT2D eigenvalue weighted by Gasteiger charge is 2.28. The van der Waals surface area contributed by atoms with Gasteiger partial charge in [-0.25, -0.2) is 8.42 Å². The molecule has 2 aromatic rings. The first-order valence-corrected chi connectivity index (χ1v) is 9.29. The zero-order valence-corrected chi connectivity index (χ0v) is 13.8. The van der Waals surface area contributed by atoms with Crippen molar-refractivity contribution in [2.75, 3.05) is 16.6 Å². The minimum atomic E-state index is -3.10. The maximum Gasteiger partial charge on any atom is 0.235 e. The van der Waals surface area contributed by atoms with E-state index >= 15 is 0 Å². The fourth-order valence-electron chi connectivity index (χ4n) is 2.83. The lowest BCUT2D eigenvalue weighted by Crippen LogP contribution is -2.24. The molecule has 4 heteroatoms. The van der Waals surface area contributed by atoms with E-state index in [9.17, 15) is 8.42 Å². The van der Waals surface area contributed by atoms with E-state index < -0.39 is 10.0 Å². The molecule has 116 valence electrons. The average molecular weight is 315 g/mol. The second-order valence-electron chi connectivity index (χ2n) is 6.07. The van der Waals surface area contributed by atoms with Crippen molar-refractivity contribution < 1.29 is 8.42 Å². The van der Waals surface area contributed by atoms with E-state index in [1.807, 2.05) is 24.3 Å². The Morgan fingerprint density at radius 2 is 1.73 bits per heavy atom. The molecule has 1 saturated heterocycles. The van der Waals surface area contributed by atoms with Crippen LogP contribution in [0.5, 0.6) is 0 Å².